The smallest absolute Gasteiger partial charge is 0.366 e. The number of allylic oxidation sites excluding steroid dienone is 1. The lowest BCUT2D eigenvalue weighted by atomic mass is 10.1. The first kappa shape index (κ1) is 11.3. The minimum atomic E-state index is -4.40. The number of benzene rings is 1. The lowest BCUT2D eigenvalue weighted by Crippen LogP contribution is -2.12. The minimum Gasteiger partial charge on any atom is -0.366 e. The number of halogens is 3. The van der Waals surface area contributed by atoms with Crippen LogP contribution in [-0.4, -0.2) is 12.1 Å². The molecular formula is C10H8F3NO. The highest BCUT2D eigenvalue weighted by Gasteiger charge is 2.22. The molecule has 1 rings (SSSR count). The van der Waals surface area contributed by atoms with Gasteiger partial charge in [0.1, 0.15) is 0 Å². The molecule has 0 atom stereocenters. The summed E-state index contributed by atoms with van der Waals surface area (Å²) < 4.78 is 35.6. The maximum Gasteiger partial charge on any atom is 0.409 e. The number of carbonyl (C=O) groups is 1. The molecule has 15 heavy (non-hydrogen) atoms. The molecule has 0 radical (unpaired) electrons. The lowest BCUT2D eigenvalue weighted by molar-refractivity contribution is -0.0790. The summed E-state index contributed by atoms with van der Waals surface area (Å²) in [5.74, 6) is -0.752. The predicted octanol–water partition coefficient (Wildman–Crippen LogP) is 2.36. The van der Waals surface area contributed by atoms with E-state index in [0.717, 1.165) is 6.08 Å². The van der Waals surface area contributed by atoms with Gasteiger partial charge in [-0.3, -0.25) is 4.79 Å². The van der Waals surface area contributed by atoms with Crippen molar-refractivity contribution < 1.29 is 18.0 Å². The number of alkyl halides is 3. The Kier molecular flexibility index (Phi) is 3.14. The fourth-order valence-electron chi connectivity index (χ4n) is 1.05. The van der Waals surface area contributed by atoms with Gasteiger partial charge in [-0.15, -0.1) is 0 Å². The Morgan fingerprint density at radius 1 is 1.27 bits per heavy atom. The van der Waals surface area contributed by atoms with Gasteiger partial charge in [0.05, 0.1) is 0 Å². The van der Waals surface area contributed by atoms with E-state index in [2.05, 4.69) is 0 Å². The summed E-state index contributed by atoms with van der Waals surface area (Å²) in [6.45, 7) is 0. The van der Waals surface area contributed by atoms with E-state index < -0.39 is 12.1 Å². The highest BCUT2D eigenvalue weighted by atomic mass is 19.4. The number of hydrogen-bond donors (Lipinski definition) is 1. The summed E-state index contributed by atoms with van der Waals surface area (Å²) in [4.78, 5) is 10.9. The Bertz CT molecular complexity index is 396. The minimum absolute atomic E-state index is 0.0643. The molecule has 0 aliphatic rings. The van der Waals surface area contributed by atoms with E-state index in [-0.39, 0.29) is 17.2 Å². The van der Waals surface area contributed by atoms with Gasteiger partial charge in [-0.25, -0.2) is 0 Å². The van der Waals surface area contributed by atoms with Crippen molar-refractivity contribution in [2.75, 3.05) is 0 Å². The Morgan fingerprint density at radius 2 is 1.87 bits per heavy atom. The highest BCUT2D eigenvalue weighted by Crippen LogP contribution is 2.19. The van der Waals surface area contributed by atoms with Crippen LogP contribution in [0.15, 0.2) is 30.3 Å². The normalized spacial score (nSPS) is 11.9. The molecule has 0 saturated heterocycles. The average Bonchev–Trinajstić information content (AvgIpc) is 2.14. The topological polar surface area (TPSA) is 43.1 Å². The Labute approximate surface area is 84.2 Å². The van der Waals surface area contributed by atoms with Gasteiger partial charge in [-0.2, -0.15) is 13.2 Å². The van der Waals surface area contributed by atoms with E-state index in [1.165, 1.54) is 24.3 Å². The maximum absolute atomic E-state index is 11.9. The first-order valence-corrected chi connectivity index (χ1v) is 4.05. The van der Waals surface area contributed by atoms with Crippen molar-refractivity contribution in [2.24, 2.45) is 5.73 Å². The number of primary amides is 1. The second kappa shape index (κ2) is 4.16. The number of nitrogens with two attached hydrogens (primary N) is 1. The molecule has 0 aliphatic carbocycles. The van der Waals surface area contributed by atoms with Crippen molar-refractivity contribution in [1.29, 1.82) is 0 Å². The van der Waals surface area contributed by atoms with E-state index in [0.29, 0.717) is 0 Å². The van der Waals surface area contributed by atoms with Crippen LogP contribution in [-0.2, 0) is 0 Å². The summed E-state index contributed by atoms with van der Waals surface area (Å²) in [5.41, 5.74) is 5.22. The molecule has 0 aliphatic heterocycles. The average molecular weight is 215 g/mol. The SMILES string of the molecule is NC(=O)c1ccccc1/C=C/C(F)(F)F. The van der Waals surface area contributed by atoms with Crippen molar-refractivity contribution in [2.45, 2.75) is 6.18 Å². The molecule has 0 unspecified atom stereocenters. The third kappa shape index (κ3) is 3.46. The molecule has 0 aromatic heterocycles. The van der Waals surface area contributed by atoms with Gasteiger partial charge < -0.3 is 5.73 Å². The van der Waals surface area contributed by atoms with Gasteiger partial charge >= 0.3 is 6.18 Å². The Morgan fingerprint density at radius 3 is 2.40 bits per heavy atom. The second-order valence-electron chi connectivity index (χ2n) is 2.83. The zero-order valence-electron chi connectivity index (χ0n) is 7.58. The van der Waals surface area contributed by atoms with Gasteiger partial charge in [0.25, 0.3) is 0 Å². The van der Waals surface area contributed by atoms with Crippen LogP contribution in [0.5, 0.6) is 0 Å². The van der Waals surface area contributed by atoms with Gasteiger partial charge in [0.15, 0.2) is 0 Å². The van der Waals surface area contributed by atoms with Gasteiger partial charge in [0.2, 0.25) is 5.91 Å². The molecule has 1 aromatic carbocycles. The molecule has 5 heteroatoms. The fourth-order valence-corrected chi connectivity index (χ4v) is 1.05. The molecule has 80 valence electrons. The molecule has 0 saturated carbocycles. The van der Waals surface area contributed by atoms with E-state index in [4.69, 9.17) is 5.73 Å². The van der Waals surface area contributed by atoms with E-state index in [1.807, 2.05) is 0 Å². The van der Waals surface area contributed by atoms with E-state index >= 15 is 0 Å². The summed E-state index contributed by atoms with van der Waals surface area (Å²) in [6, 6.07) is 5.83. The maximum atomic E-state index is 11.9. The molecule has 1 aromatic rings. The third-order valence-electron chi connectivity index (χ3n) is 1.68. The van der Waals surface area contributed by atoms with Crippen molar-refractivity contribution in [3.63, 3.8) is 0 Å². The van der Waals surface area contributed by atoms with Crippen molar-refractivity contribution in [3.8, 4) is 0 Å². The number of rotatable bonds is 2. The Hall–Kier alpha value is -1.78. The van der Waals surface area contributed by atoms with Crippen molar-refractivity contribution in [1.82, 2.24) is 0 Å². The first-order valence-electron chi connectivity index (χ1n) is 4.05. The van der Waals surface area contributed by atoms with Crippen LogP contribution >= 0.6 is 0 Å². The predicted molar refractivity (Wildman–Crippen MR) is 50.0 cm³/mol. The number of hydrogen-bond acceptors (Lipinski definition) is 1. The fraction of sp³-hybridized carbons (Fsp3) is 0.100. The molecule has 2 nitrogen and oxygen atoms in total. The van der Waals surface area contributed by atoms with Gasteiger partial charge in [-0.05, 0) is 17.7 Å². The van der Waals surface area contributed by atoms with E-state index in [9.17, 15) is 18.0 Å². The number of amides is 1. The van der Waals surface area contributed by atoms with Crippen LogP contribution in [0.4, 0.5) is 13.2 Å². The molecule has 1 amide bonds. The zero-order chi connectivity index (χ0) is 11.5. The monoisotopic (exact) mass is 215 g/mol. The van der Waals surface area contributed by atoms with Crippen LogP contribution in [0.1, 0.15) is 15.9 Å². The highest BCUT2D eigenvalue weighted by molar-refractivity contribution is 5.96. The largest absolute Gasteiger partial charge is 0.409 e. The quantitative estimate of drug-likeness (QED) is 0.808. The zero-order valence-corrected chi connectivity index (χ0v) is 7.58. The van der Waals surface area contributed by atoms with Gasteiger partial charge in [-0.1, -0.05) is 18.2 Å². The van der Waals surface area contributed by atoms with Crippen LogP contribution < -0.4 is 5.73 Å². The molecule has 0 spiro atoms. The standard InChI is InChI=1S/C10H8F3NO/c11-10(12,13)6-5-7-3-1-2-4-8(7)9(14)15/h1-6H,(H2,14,15)/b6-5+. The number of carbonyl (C=O) groups excluding carboxylic acids is 1. The van der Waals surface area contributed by atoms with Crippen LogP contribution in [0.3, 0.4) is 0 Å². The summed E-state index contributed by atoms with van der Waals surface area (Å²) >= 11 is 0. The molecular weight excluding hydrogens is 207 g/mol. The molecule has 0 bridgehead atoms. The second-order valence-corrected chi connectivity index (χ2v) is 2.83. The molecule has 0 heterocycles. The summed E-state index contributed by atoms with van der Waals surface area (Å²) in [5, 5.41) is 0. The van der Waals surface area contributed by atoms with Crippen molar-refractivity contribution in [3.05, 3.63) is 41.5 Å². The van der Waals surface area contributed by atoms with Crippen molar-refractivity contribution >= 4 is 12.0 Å². The van der Waals surface area contributed by atoms with Gasteiger partial charge in [0, 0.05) is 11.6 Å². The lowest BCUT2D eigenvalue weighted by Gasteiger charge is -2.02. The summed E-state index contributed by atoms with van der Waals surface area (Å²) in [7, 11) is 0. The van der Waals surface area contributed by atoms with Crippen LogP contribution in [0, 0.1) is 0 Å². The van der Waals surface area contributed by atoms with Crippen LogP contribution in [0.25, 0.3) is 6.08 Å². The summed E-state index contributed by atoms with van der Waals surface area (Å²) in [6.07, 6.45) is -3.51. The Balaban J connectivity index is 3.05. The van der Waals surface area contributed by atoms with Crippen LogP contribution in [0.2, 0.25) is 0 Å². The third-order valence-corrected chi connectivity index (χ3v) is 1.68. The first-order chi connectivity index (χ1) is 6.90. The molecule has 2 N–H and O–H groups in total. The molecule has 0 fully saturated rings. The van der Waals surface area contributed by atoms with E-state index in [1.54, 1.807) is 0 Å².